The Morgan fingerprint density at radius 1 is 1.45 bits per heavy atom. The highest BCUT2D eigenvalue weighted by atomic mass is 16.1. The Labute approximate surface area is 119 Å². The summed E-state index contributed by atoms with van der Waals surface area (Å²) in [6.07, 6.45) is 3.61. The molecule has 106 valence electrons. The summed E-state index contributed by atoms with van der Waals surface area (Å²) in [6, 6.07) is 7.53. The summed E-state index contributed by atoms with van der Waals surface area (Å²) in [7, 11) is 1.87. The minimum Gasteiger partial charge on any atom is -0.388 e. The topological polar surface area (TPSA) is 59.0 Å². The van der Waals surface area contributed by atoms with Crippen LogP contribution in [-0.2, 0) is 6.54 Å². The highest BCUT2D eigenvalue weighted by Gasteiger charge is 2.11. The summed E-state index contributed by atoms with van der Waals surface area (Å²) >= 11 is 0. The lowest BCUT2D eigenvalue weighted by Gasteiger charge is -2.15. The average Bonchev–Trinajstić information content (AvgIpc) is 2.91. The van der Waals surface area contributed by atoms with E-state index in [-0.39, 0.29) is 11.9 Å². The van der Waals surface area contributed by atoms with Crippen LogP contribution in [-0.4, -0.2) is 28.8 Å². The quantitative estimate of drug-likeness (QED) is 0.876. The lowest BCUT2D eigenvalue weighted by Crippen LogP contribution is -2.35. The van der Waals surface area contributed by atoms with Crippen molar-refractivity contribution in [2.45, 2.75) is 26.4 Å². The number of hydrogen-bond donors (Lipinski definition) is 2. The van der Waals surface area contributed by atoms with Crippen LogP contribution in [0.25, 0.3) is 0 Å². The summed E-state index contributed by atoms with van der Waals surface area (Å²) in [5, 5.41) is 10.2. The third-order valence-electron chi connectivity index (χ3n) is 3.16. The molecule has 1 amide bonds. The third-order valence-corrected chi connectivity index (χ3v) is 3.16. The molecule has 2 N–H and O–H groups in total. The molecule has 5 heteroatoms. The molecular formula is C15H20N4O. The smallest absolute Gasteiger partial charge is 0.251 e. The van der Waals surface area contributed by atoms with Crippen LogP contribution >= 0.6 is 0 Å². The van der Waals surface area contributed by atoms with Gasteiger partial charge < -0.3 is 10.6 Å². The fourth-order valence-corrected chi connectivity index (χ4v) is 2.13. The SMILES string of the molecule is CNc1ccc(C(=O)NC(C)Cn2cccn2)cc1C. The number of benzene rings is 1. The Bertz CT molecular complexity index is 578. The van der Waals surface area contributed by atoms with Gasteiger partial charge in [0.1, 0.15) is 0 Å². The molecule has 1 aromatic carbocycles. The molecule has 0 bridgehead atoms. The molecule has 2 rings (SSSR count). The van der Waals surface area contributed by atoms with Crippen LogP contribution in [0, 0.1) is 6.92 Å². The van der Waals surface area contributed by atoms with Gasteiger partial charge in [-0.3, -0.25) is 9.48 Å². The van der Waals surface area contributed by atoms with Crippen molar-refractivity contribution in [3.63, 3.8) is 0 Å². The highest BCUT2D eigenvalue weighted by Crippen LogP contribution is 2.15. The predicted octanol–water partition coefficient (Wildman–Crippen LogP) is 2.05. The van der Waals surface area contributed by atoms with E-state index in [4.69, 9.17) is 0 Å². The maximum absolute atomic E-state index is 12.2. The molecule has 0 radical (unpaired) electrons. The fourth-order valence-electron chi connectivity index (χ4n) is 2.13. The largest absolute Gasteiger partial charge is 0.388 e. The van der Waals surface area contributed by atoms with E-state index in [0.29, 0.717) is 12.1 Å². The number of hydrogen-bond acceptors (Lipinski definition) is 3. The van der Waals surface area contributed by atoms with Crippen LogP contribution in [0.15, 0.2) is 36.7 Å². The predicted molar refractivity (Wildman–Crippen MR) is 79.9 cm³/mol. The maximum Gasteiger partial charge on any atom is 0.251 e. The van der Waals surface area contributed by atoms with Crippen molar-refractivity contribution >= 4 is 11.6 Å². The summed E-state index contributed by atoms with van der Waals surface area (Å²) < 4.78 is 1.81. The second kappa shape index (κ2) is 6.23. The van der Waals surface area contributed by atoms with Crippen molar-refractivity contribution in [2.75, 3.05) is 12.4 Å². The Hall–Kier alpha value is -2.30. The number of nitrogens with one attached hydrogen (secondary N) is 2. The second-order valence-electron chi connectivity index (χ2n) is 4.88. The van der Waals surface area contributed by atoms with Gasteiger partial charge in [-0.25, -0.2) is 0 Å². The molecule has 0 aliphatic rings. The van der Waals surface area contributed by atoms with Crippen LogP contribution in [0.1, 0.15) is 22.8 Å². The standard InChI is InChI=1S/C15H20N4O/c1-11-9-13(5-6-14(11)16-3)15(20)18-12(2)10-19-8-4-7-17-19/h4-9,12,16H,10H2,1-3H3,(H,18,20). The molecule has 0 aliphatic heterocycles. The molecule has 0 spiro atoms. The Balaban J connectivity index is 1.99. The maximum atomic E-state index is 12.2. The van der Waals surface area contributed by atoms with E-state index in [0.717, 1.165) is 11.3 Å². The van der Waals surface area contributed by atoms with Crippen molar-refractivity contribution in [3.05, 3.63) is 47.8 Å². The van der Waals surface area contributed by atoms with Gasteiger partial charge in [0.15, 0.2) is 0 Å². The molecule has 1 heterocycles. The lowest BCUT2D eigenvalue weighted by molar-refractivity contribution is 0.0936. The number of nitrogens with zero attached hydrogens (tertiary/aromatic N) is 2. The van der Waals surface area contributed by atoms with E-state index >= 15 is 0 Å². The molecule has 1 unspecified atom stereocenters. The van der Waals surface area contributed by atoms with Crippen molar-refractivity contribution in [2.24, 2.45) is 0 Å². The summed E-state index contributed by atoms with van der Waals surface area (Å²) in [4.78, 5) is 12.2. The van der Waals surface area contributed by atoms with Gasteiger partial charge in [0.2, 0.25) is 0 Å². The van der Waals surface area contributed by atoms with E-state index in [1.54, 1.807) is 10.9 Å². The number of carbonyl (C=O) groups excluding carboxylic acids is 1. The van der Waals surface area contributed by atoms with Crippen molar-refractivity contribution in [1.82, 2.24) is 15.1 Å². The average molecular weight is 272 g/mol. The minimum absolute atomic E-state index is 0.0201. The Morgan fingerprint density at radius 3 is 2.85 bits per heavy atom. The van der Waals surface area contributed by atoms with Crippen LogP contribution < -0.4 is 10.6 Å². The Kier molecular flexibility index (Phi) is 4.40. The van der Waals surface area contributed by atoms with Crippen LogP contribution in [0.2, 0.25) is 0 Å². The van der Waals surface area contributed by atoms with Gasteiger partial charge in [-0.15, -0.1) is 0 Å². The number of aromatic nitrogens is 2. The summed E-state index contributed by atoms with van der Waals surface area (Å²) in [6.45, 7) is 4.61. The summed E-state index contributed by atoms with van der Waals surface area (Å²) in [5.41, 5.74) is 2.76. The highest BCUT2D eigenvalue weighted by molar-refractivity contribution is 5.95. The van der Waals surface area contributed by atoms with E-state index in [1.807, 2.05) is 51.4 Å². The monoisotopic (exact) mass is 272 g/mol. The zero-order chi connectivity index (χ0) is 14.5. The van der Waals surface area contributed by atoms with Gasteiger partial charge >= 0.3 is 0 Å². The number of anilines is 1. The molecule has 5 nitrogen and oxygen atoms in total. The molecular weight excluding hydrogens is 252 g/mol. The molecule has 0 fully saturated rings. The third kappa shape index (κ3) is 3.38. The molecule has 1 atom stereocenters. The van der Waals surface area contributed by atoms with Crippen molar-refractivity contribution in [3.8, 4) is 0 Å². The van der Waals surface area contributed by atoms with E-state index in [2.05, 4.69) is 15.7 Å². The van der Waals surface area contributed by atoms with Crippen LogP contribution in [0.3, 0.4) is 0 Å². The molecule has 0 saturated carbocycles. The molecule has 0 aliphatic carbocycles. The normalized spacial score (nSPS) is 11.9. The molecule has 2 aromatic rings. The van der Waals surface area contributed by atoms with Gasteiger partial charge in [0, 0.05) is 36.7 Å². The zero-order valence-corrected chi connectivity index (χ0v) is 12.1. The molecule has 0 saturated heterocycles. The van der Waals surface area contributed by atoms with E-state index in [9.17, 15) is 4.79 Å². The van der Waals surface area contributed by atoms with Gasteiger partial charge in [-0.1, -0.05) is 0 Å². The van der Waals surface area contributed by atoms with Gasteiger partial charge in [0.25, 0.3) is 5.91 Å². The Morgan fingerprint density at radius 2 is 2.25 bits per heavy atom. The zero-order valence-electron chi connectivity index (χ0n) is 12.1. The van der Waals surface area contributed by atoms with E-state index in [1.165, 1.54) is 0 Å². The fraction of sp³-hybridized carbons (Fsp3) is 0.333. The number of amides is 1. The van der Waals surface area contributed by atoms with Crippen molar-refractivity contribution < 1.29 is 4.79 Å². The first-order valence-electron chi connectivity index (χ1n) is 6.67. The summed E-state index contributed by atoms with van der Waals surface area (Å²) in [5.74, 6) is -0.0598. The lowest BCUT2D eigenvalue weighted by atomic mass is 10.1. The number of rotatable bonds is 5. The van der Waals surface area contributed by atoms with Crippen LogP contribution in [0.4, 0.5) is 5.69 Å². The second-order valence-corrected chi connectivity index (χ2v) is 4.88. The number of aryl methyl sites for hydroxylation is 1. The van der Waals surface area contributed by atoms with Crippen molar-refractivity contribution in [1.29, 1.82) is 0 Å². The first-order valence-corrected chi connectivity index (χ1v) is 6.67. The minimum atomic E-state index is -0.0598. The molecule has 20 heavy (non-hydrogen) atoms. The van der Waals surface area contributed by atoms with Gasteiger partial charge in [0.05, 0.1) is 6.54 Å². The van der Waals surface area contributed by atoms with Gasteiger partial charge in [-0.05, 0) is 43.7 Å². The van der Waals surface area contributed by atoms with Gasteiger partial charge in [-0.2, -0.15) is 5.10 Å². The number of carbonyl (C=O) groups is 1. The first kappa shape index (κ1) is 14.1. The molecule has 1 aromatic heterocycles. The van der Waals surface area contributed by atoms with Crippen LogP contribution in [0.5, 0.6) is 0 Å². The van der Waals surface area contributed by atoms with E-state index < -0.39 is 0 Å². The first-order chi connectivity index (χ1) is 9.60.